The Bertz CT molecular complexity index is 149. The number of hydrogen-bond donors (Lipinski definition) is 0. The quantitative estimate of drug-likeness (QED) is 0.516. The van der Waals surface area contributed by atoms with Gasteiger partial charge in [0.2, 0.25) is 5.78 Å². The van der Waals surface area contributed by atoms with Crippen molar-refractivity contribution < 1.29 is 13.6 Å². The second-order valence-corrected chi connectivity index (χ2v) is 1.69. The zero-order valence-corrected chi connectivity index (χ0v) is 4.95. The average molecular weight is 132 g/mol. The van der Waals surface area contributed by atoms with E-state index in [1.54, 1.807) is 0 Å². The highest BCUT2D eigenvalue weighted by molar-refractivity contribution is 5.86. The van der Waals surface area contributed by atoms with Crippen LogP contribution in [-0.2, 0) is 4.79 Å². The molecule has 0 atom stereocenters. The van der Waals surface area contributed by atoms with Gasteiger partial charge in [-0.25, -0.2) is 0 Å². The van der Waals surface area contributed by atoms with Crippen LogP contribution in [0.2, 0.25) is 0 Å². The number of ketones is 1. The van der Waals surface area contributed by atoms with E-state index in [4.69, 9.17) is 0 Å². The van der Waals surface area contributed by atoms with Gasteiger partial charge in [-0.05, 0) is 0 Å². The van der Waals surface area contributed by atoms with Crippen molar-refractivity contribution in [2.24, 2.45) is 0 Å². The summed E-state index contributed by atoms with van der Waals surface area (Å²) in [6.07, 6.45) is 4.13. The molecular weight excluding hydrogens is 126 g/mol. The van der Waals surface area contributed by atoms with E-state index in [1.807, 2.05) is 5.92 Å². The number of alkyl halides is 2. The Morgan fingerprint density at radius 1 is 1.78 bits per heavy atom. The van der Waals surface area contributed by atoms with Crippen LogP contribution in [-0.4, -0.2) is 11.7 Å². The van der Waals surface area contributed by atoms with Gasteiger partial charge >= 0.3 is 5.92 Å². The first-order valence-corrected chi connectivity index (χ1v) is 2.33. The predicted molar refractivity (Wildman–Crippen MR) is 29.1 cm³/mol. The first kappa shape index (κ1) is 8.09. The summed E-state index contributed by atoms with van der Waals surface area (Å²) in [5.41, 5.74) is 0. The van der Waals surface area contributed by atoms with Gasteiger partial charge in [-0.2, -0.15) is 8.78 Å². The second-order valence-electron chi connectivity index (χ2n) is 1.69. The first-order chi connectivity index (χ1) is 3.98. The molecule has 0 aliphatic carbocycles. The number of halogens is 2. The van der Waals surface area contributed by atoms with Gasteiger partial charge in [0.1, 0.15) is 0 Å². The highest BCUT2D eigenvalue weighted by atomic mass is 19.3. The molecule has 3 heteroatoms. The summed E-state index contributed by atoms with van der Waals surface area (Å²) in [6.45, 7) is 0.534. The van der Waals surface area contributed by atoms with Crippen molar-refractivity contribution in [3.63, 3.8) is 0 Å². The monoisotopic (exact) mass is 132 g/mol. The van der Waals surface area contributed by atoms with Crippen molar-refractivity contribution in [3.8, 4) is 12.3 Å². The number of hydrogen-bond acceptors (Lipinski definition) is 1. The van der Waals surface area contributed by atoms with Gasteiger partial charge in [0.25, 0.3) is 0 Å². The van der Waals surface area contributed by atoms with Crippen molar-refractivity contribution in [1.82, 2.24) is 0 Å². The molecular formula is C6H6F2O. The first-order valence-electron chi connectivity index (χ1n) is 2.33. The Morgan fingerprint density at radius 3 is 2.33 bits per heavy atom. The maximum absolute atomic E-state index is 11.9. The van der Waals surface area contributed by atoms with Crippen molar-refractivity contribution in [3.05, 3.63) is 0 Å². The molecule has 0 aromatic rings. The fourth-order valence-electron chi connectivity index (χ4n) is 0.248. The summed E-state index contributed by atoms with van der Waals surface area (Å²) >= 11 is 0. The van der Waals surface area contributed by atoms with E-state index in [0.717, 1.165) is 0 Å². The van der Waals surface area contributed by atoms with E-state index >= 15 is 0 Å². The summed E-state index contributed by atoms with van der Waals surface area (Å²) in [6, 6.07) is 0. The molecule has 0 fully saturated rings. The molecule has 0 heterocycles. The molecule has 9 heavy (non-hydrogen) atoms. The zero-order valence-electron chi connectivity index (χ0n) is 4.95. The van der Waals surface area contributed by atoms with Crippen molar-refractivity contribution in [2.75, 3.05) is 0 Å². The lowest BCUT2D eigenvalue weighted by Crippen LogP contribution is -2.23. The molecule has 0 amide bonds. The molecule has 0 unspecified atom stereocenters. The summed E-state index contributed by atoms with van der Waals surface area (Å²) in [5, 5.41) is 0. The third-order valence-corrected chi connectivity index (χ3v) is 0.752. The van der Waals surface area contributed by atoms with E-state index < -0.39 is 18.1 Å². The highest BCUT2D eigenvalue weighted by Crippen LogP contribution is 2.13. The van der Waals surface area contributed by atoms with Gasteiger partial charge in [0, 0.05) is 6.92 Å². The molecule has 0 spiro atoms. The Hall–Kier alpha value is -0.910. The van der Waals surface area contributed by atoms with Crippen molar-refractivity contribution >= 4 is 5.78 Å². The van der Waals surface area contributed by atoms with Gasteiger partial charge in [-0.3, -0.25) is 4.79 Å². The topological polar surface area (TPSA) is 17.1 Å². The van der Waals surface area contributed by atoms with Crippen LogP contribution >= 0.6 is 0 Å². The van der Waals surface area contributed by atoms with E-state index in [2.05, 4.69) is 6.42 Å². The number of carbonyl (C=O) groups excluding carboxylic acids is 1. The maximum Gasteiger partial charge on any atom is 0.303 e. The molecule has 0 aromatic heterocycles. The van der Waals surface area contributed by atoms with Crippen LogP contribution in [0.25, 0.3) is 0 Å². The second kappa shape index (κ2) is 2.58. The molecule has 0 N–H and O–H groups in total. The van der Waals surface area contributed by atoms with E-state index in [0.29, 0.717) is 6.92 Å². The van der Waals surface area contributed by atoms with Gasteiger partial charge in [-0.15, -0.1) is 6.42 Å². The number of terminal acetylenes is 1. The van der Waals surface area contributed by atoms with Crippen LogP contribution in [0.5, 0.6) is 0 Å². The Labute approximate surface area is 52.1 Å². The van der Waals surface area contributed by atoms with E-state index in [9.17, 15) is 13.6 Å². The van der Waals surface area contributed by atoms with Crippen LogP contribution < -0.4 is 0 Å². The minimum Gasteiger partial charge on any atom is -0.292 e. The van der Waals surface area contributed by atoms with Crippen molar-refractivity contribution in [2.45, 2.75) is 19.3 Å². The number of rotatable bonds is 2. The van der Waals surface area contributed by atoms with Gasteiger partial charge in [0.15, 0.2) is 0 Å². The minimum absolute atomic E-state index is 0.497. The molecule has 0 saturated carbocycles. The van der Waals surface area contributed by atoms with Crippen LogP contribution in [0.1, 0.15) is 13.3 Å². The van der Waals surface area contributed by atoms with Gasteiger partial charge in [0.05, 0.1) is 6.42 Å². The summed E-state index contributed by atoms with van der Waals surface area (Å²) in [5.74, 6) is -2.63. The van der Waals surface area contributed by atoms with Gasteiger partial charge in [-0.1, -0.05) is 5.92 Å². The summed E-state index contributed by atoms with van der Waals surface area (Å²) in [4.78, 5) is 10.2. The van der Waals surface area contributed by atoms with Gasteiger partial charge < -0.3 is 0 Å². The van der Waals surface area contributed by atoms with Crippen LogP contribution in [0.15, 0.2) is 0 Å². The molecule has 0 aromatic carbocycles. The molecule has 0 aliphatic heterocycles. The van der Waals surface area contributed by atoms with Crippen molar-refractivity contribution in [1.29, 1.82) is 0 Å². The van der Waals surface area contributed by atoms with Crippen LogP contribution in [0, 0.1) is 12.3 Å². The standard InChI is InChI=1S/C6H6F2O/c1-3-4-5(9)6(2,7)8/h1H,4H2,2H3. The smallest absolute Gasteiger partial charge is 0.292 e. The Kier molecular flexibility index (Phi) is 2.32. The number of Topliss-reactive ketones (excluding diaryl/α,β-unsaturated/α-hetero) is 1. The van der Waals surface area contributed by atoms with Crippen LogP contribution in [0.3, 0.4) is 0 Å². The molecule has 0 aliphatic rings. The third-order valence-electron chi connectivity index (χ3n) is 0.752. The Balaban J connectivity index is 3.93. The lowest BCUT2D eigenvalue weighted by molar-refractivity contribution is -0.139. The summed E-state index contributed by atoms with van der Waals surface area (Å²) < 4.78 is 23.7. The summed E-state index contributed by atoms with van der Waals surface area (Å²) in [7, 11) is 0. The third kappa shape index (κ3) is 2.81. The normalized spacial score (nSPS) is 10.4. The molecule has 0 saturated heterocycles. The zero-order chi connectivity index (χ0) is 7.49. The minimum atomic E-state index is -3.27. The lowest BCUT2D eigenvalue weighted by Gasteiger charge is -2.03. The van der Waals surface area contributed by atoms with E-state index in [1.165, 1.54) is 0 Å². The fourth-order valence-corrected chi connectivity index (χ4v) is 0.248. The molecule has 0 radical (unpaired) electrons. The molecule has 50 valence electrons. The SMILES string of the molecule is C#CCC(=O)C(C)(F)F. The molecule has 1 nitrogen and oxygen atoms in total. The van der Waals surface area contributed by atoms with E-state index in [-0.39, 0.29) is 0 Å². The number of carbonyl (C=O) groups is 1. The maximum atomic E-state index is 11.9. The fraction of sp³-hybridized carbons (Fsp3) is 0.500. The largest absolute Gasteiger partial charge is 0.303 e. The average Bonchev–Trinajstić information content (AvgIpc) is 1.64. The Morgan fingerprint density at radius 2 is 2.22 bits per heavy atom. The molecule has 0 rings (SSSR count). The molecule has 0 bridgehead atoms. The highest BCUT2D eigenvalue weighted by Gasteiger charge is 2.30. The predicted octanol–water partition coefficient (Wildman–Crippen LogP) is 1.23. The van der Waals surface area contributed by atoms with Crippen LogP contribution in [0.4, 0.5) is 8.78 Å². The lowest BCUT2D eigenvalue weighted by atomic mass is 10.2.